The normalized spacial score (nSPS) is 25.2. The summed E-state index contributed by atoms with van der Waals surface area (Å²) in [5.41, 5.74) is 17.0. The molecular weight excluding hydrogens is 344 g/mol. The van der Waals surface area contributed by atoms with Crippen molar-refractivity contribution >= 4 is 21.8 Å². The molecule has 4 aromatic rings. The molecule has 1 saturated carbocycles. The van der Waals surface area contributed by atoms with Crippen LogP contribution in [-0.2, 0) is 11.1 Å². The summed E-state index contributed by atoms with van der Waals surface area (Å²) in [4.78, 5) is 9.34. The Bertz CT molecular complexity index is 1070. The second-order valence-corrected chi connectivity index (χ2v) is 7.91. The topological polar surface area (TPSA) is 77.8 Å². The SMILES string of the molecule is NC1(c2cccc3cccnc23)CCCCC1(N)c1cccc2cccnc12. The largest absolute Gasteiger partial charge is 0.320 e. The fraction of sp³-hybridized carbons (Fsp3) is 0.250. The van der Waals surface area contributed by atoms with Crippen molar-refractivity contribution in [3.05, 3.63) is 84.2 Å². The van der Waals surface area contributed by atoms with Gasteiger partial charge >= 0.3 is 0 Å². The lowest BCUT2D eigenvalue weighted by atomic mass is 9.61. The summed E-state index contributed by atoms with van der Waals surface area (Å²) in [6, 6.07) is 20.5. The lowest BCUT2D eigenvalue weighted by Crippen LogP contribution is -2.62. The highest BCUT2D eigenvalue weighted by molar-refractivity contribution is 5.85. The lowest BCUT2D eigenvalue weighted by Gasteiger charge is -2.50. The molecule has 0 aliphatic heterocycles. The van der Waals surface area contributed by atoms with Gasteiger partial charge in [0.2, 0.25) is 0 Å². The van der Waals surface area contributed by atoms with Gasteiger partial charge in [-0.25, -0.2) is 0 Å². The number of nitrogens with zero attached hydrogens (tertiary/aromatic N) is 2. The van der Waals surface area contributed by atoms with Crippen LogP contribution in [0.5, 0.6) is 0 Å². The second kappa shape index (κ2) is 6.36. The van der Waals surface area contributed by atoms with Crippen molar-refractivity contribution in [2.75, 3.05) is 0 Å². The molecule has 1 aliphatic carbocycles. The predicted molar refractivity (Wildman–Crippen MR) is 114 cm³/mol. The maximum absolute atomic E-state index is 7.26. The fourth-order valence-electron chi connectivity index (χ4n) is 4.93. The average Bonchev–Trinajstić information content (AvgIpc) is 2.75. The summed E-state index contributed by atoms with van der Waals surface area (Å²) in [5, 5.41) is 2.18. The maximum Gasteiger partial charge on any atom is 0.0753 e. The van der Waals surface area contributed by atoms with Crippen LogP contribution in [0.2, 0.25) is 0 Å². The van der Waals surface area contributed by atoms with Crippen molar-refractivity contribution in [2.45, 2.75) is 36.8 Å². The lowest BCUT2D eigenvalue weighted by molar-refractivity contribution is 0.148. The second-order valence-electron chi connectivity index (χ2n) is 7.91. The van der Waals surface area contributed by atoms with Gasteiger partial charge in [-0.3, -0.25) is 9.97 Å². The molecule has 2 aromatic carbocycles. The highest BCUT2D eigenvalue weighted by atomic mass is 14.9. The van der Waals surface area contributed by atoms with E-state index in [2.05, 4.69) is 58.5 Å². The summed E-state index contributed by atoms with van der Waals surface area (Å²) >= 11 is 0. The van der Waals surface area contributed by atoms with Crippen LogP contribution in [0.3, 0.4) is 0 Å². The van der Waals surface area contributed by atoms with E-state index in [1.54, 1.807) is 0 Å². The van der Waals surface area contributed by atoms with Crippen molar-refractivity contribution in [2.24, 2.45) is 11.5 Å². The van der Waals surface area contributed by atoms with E-state index in [1.807, 2.05) is 24.5 Å². The van der Waals surface area contributed by atoms with Gasteiger partial charge in [-0.1, -0.05) is 61.4 Å². The molecule has 2 atom stereocenters. The van der Waals surface area contributed by atoms with Gasteiger partial charge in [0.1, 0.15) is 0 Å². The van der Waals surface area contributed by atoms with Gasteiger partial charge < -0.3 is 11.5 Å². The fourth-order valence-corrected chi connectivity index (χ4v) is 4.93. The first kappa shape index (κ1) is 17.3. The molecule has 5 rings (SSSR count). The van der Waals surface area contributed by atoms with Crippen molar-refractivity contribution < 1.29 is 0 Å². The van der Waals surface area contributed by atoms with Gasteiger partial charge in [-0.05, 0) is 25.0 Å². The Hall–Kier alpha value is -2.82. The van der Waals surface area contributed by atoms with Crippen molar-refractivity contribution in [3.8, 4) is 0 Å². The molecule has 0 radical (unpaired) electrons. The number of hydrogen-bond acceptors (Lipinski definition) is 4. The average molecular weight is 368 g/mol. The Labute approximate surface area is 164 Å². The highest BCUT2D eigenvalue weighted by Gasteiger charge is 2.51. The number of pyridine rings is 2. The molecule has 2 aromatic heterocycles. The number of aromatic nitrogens is 2. The molecule has 0 amide bonds. The van der Waals surface area contributed by atoms with Gasteiger partial charge in [0.05, 0.1) is 22.1 Å². The molecule has 2 unspecified atom stereocenters. The molecular formula is C24H24N4. The molecule has 4 N–H and O–H groups in total. The zero-order chi connectivity index (χ0) is 19.2. The van der Waals surface area contributed by atoms with Gasteiger partial charge in [-0.15, -0.1) is 0 Å². The molecule has 0 spiro atoms. The van der Waals surface area contributed by atoms with Crippen molar-refractivity contribution in [3.63, 3.8) is 0 Å². The van der Waals surface area contributed by atoms with Crippen LogP contribution >= 0.6 is 0 Å². The molecule has 1 aliphatic rings. The molecule has 2 heterocycles. The third-order valence-electron chi connectivity index (χ3n) is 6.41. The smallest absolute Gasteiger partial charge is 0.0753 e. The number of fused-ring (bicyclic) bond motifs is 2. The van der Waals surface area contributed by atoms with Crippen LogP contribution in [0, 0.1) is 0 Å². The van der Waals surface area contributed by atoms with E-state index in [0.717, 1.165) is 58.6 Å². The minimum atomic E-state index is -0.717. The number of rotatable bonds is 2. The minimum absolute atomic E-state index is 0.717. The molecule has 0 saturated heterocycles. The zero-order valence-electron chi connectivity index (χ0n) is 15.8. The van der Waals surface area contributed by atoms with Crippen molar-refractivity contribution in [1.82, 2.24) is 9.97 Å². The van der Waals surface area contributed by atoms with Crippen LogP contribution in [0.25, 0.3) is 21.8 Å². The van der Waals surface area contributed by atoms with Gasteiger partial charge in [0.25, 0.3) is 0 Å². The van der Waals surface area contributed by atoms with E-state index in [-0.39, 0.29) is 0 Å². The molecule has 4 heteroatoms. The molecule has 28 heavy (non-hydrogen) atoms. The molecule has 1 fully saturated rings. The third kappa shape index (κ3) is 2.38. The standard InChI is InChI=1S/C24H24N4/c25-23(19-11-3-7-17-9-5-15-27-21(17)19)13-1-2-14-24(23,26)20-12-4-8-18-10-6-16-28-22(18)20/h3-12,15-16H,1-2,13-14,25-26H2. The Morgan fingerprint density at radius 1 is 0.607 bits per heavy atom. The van der Waals surface area contributed by atoms with Gasteiger partial charge in [0.15, 0.2) is 0 Å². The summed E-state index contributed by atoms with van der Waals surface area (Å²) < 4.78 is 0. The number of hydrogen-bond donors (Lipinski definition) is 2. The Morgan fingerprint density at radius 3 is 1.50 bits per heavy atom. The first-order valence-corrected chi connectivity index (χ1v) is 9.90. The van der Waals surface area contributed by atoms with E-state index in [4.69, 9.17) is 11.5 Å². The first-order valence-electron chi connectivity index (χ1n) is 9.90. The monoisotopic (exact) mass is 368 g/mol. The van der Waals surface area contributed by atoms with E-state index >= 15 is 0 Å². The first-order chi connectivity index (χ1) is 13.6. The van der Waals surface area contributed by atoms with Crippen LogP contribution in [-0.4, -0.2) is 9.97 Å². The molecule has 140 valence electrons. The van der Waals surface area contributed by atoms with Crippen LogP contribution < -0.4 is 11.5 Å². The van der Waals surface area contributed by atoms with E-state index in [1.165, 1.54) is 0 Å². The minimum Gasteiger partial charge on any atom is -0.320 e. The summed E-state index contributed by atoms with van der Waals surface area (Å²) in [5.74, 6) is 0. The number of benzene rings is 2. The van der Waals surface area contributed by atoms with Crippen LogP contribution in [0.15, 0.2) is 73.1 Å². The Balaban J connectivity index is 1.80. The summed E-state index contributed by atoms with van der Waals surface area (Å²) in [7, 11) is 0. The van der Waals surface area contributed by atoms with E-state index in [9.17, 15) is 0 Å². The quantitative estimate of drug-likeness (QED) is 0.551. The third-order valence-corrected chi connectivity index (χ3v) is 6.41. The van der Waals surface area contributed by atoms with E-state index in [0.29, 0.717) is 0 Å². The Morgan fingerprint density at radius 2 is 1.04 bits per heavy atom. The Kier molecular flexibility index (Phi) is 3.93. The zero-order valence-corrected chi connectivity index (χ0v) is 15.8. The van der Waals surface area contributed by atoms with Gasteiger partial charge in [0, 0.05) is 34.3 Å². The van der Waals surface area contributed by atoms with Gasteiger partial charge in [-0.2, -0.15) is 0 Å². The number of para-hydroxylation sites is 2. The summed E-state index contributed by atoms with van der Waals surface area (Å²) in [6.45, 7) is 0. The molecule has 0 bridgehead atoms. The predicted octanol–water partition coefficient (Wildman–Crippen LogP) is 4.37. The highest BCUT2D eigenvalue weighted by Crippen LogP contribution is 2.49. The number of nitrogens with two attached hydrogens (primary N) is 2. The summed E-state index contributed by atoms with van der Waals surface area (Å²) in [6.07, 6.45) is 7.41. The van der Waals surface area contributed by atoms with Crippen molar-refractivity contribution in [1.29, 1.82) is 0 Å². The van der Waals surface area contributed by atoms with Crippen LogP contribution in [0.1, 0.15) is 36.8 Å². The molecule has 4 nitrogen and oxygen atoms in total. The maximum atomic E-state index is 7.26. The van der Waals surface area contributed by atoms with Crippen LogP contribution in [0.4, 0.5) is 0 Å². The van der Waals surface area contributed by atoms with E-state index < -0.39 is 11.1 Å².